The van der Waals surface area contributed by atoms with Crippen LogP contribution < -0.4 is 16.0 Å². The molecule has 0 bridgehead atoms. The van der Waals surface area contributed by atoms with E-state index in [1.165, 1.54) is 5.56 Å². The summed E-state index contributed by atoms with van der Waals surface area (Å²) in [6.45, 7) is 0.703. The second-order valence-corrected chi connectivity index (χ2v) is 2.96. The Morgan fingerprint density at radius 2 is 2.33 bits per heavy atom. The highest BCUT2D eigenvalue weighted by Gasteiger charge is 2.20. The van der Waals surface area contributed by atoms with Crippen LogP contribution in [0.3, 0.4) is 0 Å². The molecular formula is C9H12N2O. The van der Waals surface area contributed by atoms with Crippen LogP contribution in [0.1, 0.15) is 5.56 Å². The van der Waals surface area contributed by atoms with Crippen LogP contribution in [0.4, 0.5) is 0 Å². The molecule has 1 atom stereocenters. The van der Waals surface area contributed by atoms with Gasteiger partial charge in [-0.2, -0.15) is 0 Å². The van der Waals surface area contributed by atoms with Gasteiger partial charge in [0.15, 0.2) is 0 Å². The minimum absolute atomic E-state index is 0.201. The van der Waals surface area contributed by atoms with E-state index in [0.29, 0.717) is 6.54 Å². The lowest BCUT2D eigenvalue weighted by Gasteiger charge is -2.08. The Labute approximate surface area is 71.5 Å². The van der Waals surface area contributed by atoms with Gasteiger partial charge in [0.25, 0.3) is 0 Å². The molecule has 3 nitrogen and oxygen atoms in total. The Bertz CT molecular complexity index is 250. The SMILES string of the molecule is NNC[C@H]1Cc2ccccc2O1. The van der Waals surface area contributed by atoms with Gasteiger partial charge in [-0.05, 0) is 11.6 Å². The molecule has 1 aromatic rings. The first-order chi connectivity index (χ1) is 5.90. The summed E-state index contributed by atoms with van der Waals surface area (Å²) in [4.78, 5) is 0. The largest absolute Gasteiger partial charge is 0.488 e. The van der Waals surface area contributed by atoms with Gasteiger partial charge < -0.3 is 4.74 Å². The zero-order valence-electron chi connectivity index (χ0n) is 6.79. The van der Waals surface area contributed by atoms with Gasteiger partial charge >= 0.3 is 0 Å². The van der Waals surface area contributed by atoms with Crippen molar-refractivity contribution in [2.24, 2.45) is 5.84 Å². The van der Waals surface area contributed by atoms with Crippen LogP contribution in [0.5, 0.6) is 5.75 Å². The number of hydrogen-bond donors (Lipinski definition) is 2. The van der Waals surface area contributed by atoms with E-state index in [9.17, 15) is 0 Å². The highest BCUT2D eigenvalue weighted by atomic mass is 16.5. The van der Waals surface area contributed by atoms with E-state index < -0.39 is 0 Å². The Balaban J connectivity index is 2.11. The maximum absolute atomic E-state index is 5.60. The van der Waals surface area contributed by atoms with E-state index in [0.717, 1.165) is 12.2 Å². The van der Waals surface area contributed by atoms with Crippen molar-refractivity contribution in [2.45, 2.75) is 12.5 Å². The van der Waals surface area contributed by atoms with Crippen molar-refractivity contribution >= 4 is 0 Å². The third-order valence-corrected chi connectivity index (χ3v) is 2.06. The Morgan fingerprint density at radius 3 is 3.08 bits per heavy atom. The van der Waals surface area contributed by atoms with Crippen LogP contribution in [0, 0.1) is 0 Å². The fourth-order valence-electron chi connectivity index (χ4n) is 1.50. The molecule has 3 heteroatoms. The lowest BCUT2D eigenvalue weighted by Crippen LogP contribution is -2.34. The van der Waals surface area contributed by atoms with E-state index >= 15 is 0 Å². The number of para-hydroxylation sites is 1. The number of rotatable bonds is 2. The first kappa shape index (κ1) is 7.58. The highest BCUT2D eigenvalue weighted by molar-refractivity contribution is 5.37. The maximum Gasteiger partial charge on any atom is 0.123 e. The van der Waals surface area contributed by atoms with Crippen molar-refractivity contribution < 1.29 is 4.74 Å². The number of hydrogen-bond acceptors (Lipinski definition) is 3. The molecule has 2 rings (SSSR count). The number of benzene rings is 1. The van der Waals surface area contributed by atoms with Gasteiger partial charge in [-0.15, -0.1) is 0 Å². The van der Waals surface area contributed by atoms with Crippen LogP contribution >= 0.6 is 0 Å². The van der Waals surface area contributed by atoms with Crippen molar-refractivity contribution in [3.63, 3.8) is 0 Å². The molecule has 0 aromatic heterocycles. The molecule has 0 fully saturated rings. The molecule has 3 N–H and O–H groups in total. The third-order valence-electron chi connectivity index (χ3n) is 2.06. The molecule has 1 heterocycles. The molecule has 0 amide bonds. The smallest absolute Gasteiger partial charge is 0.123 e. The zero-order chi connectivity index (χ0) is 8.39. The molecule has 0 unspecified atom stereocenters. The van der Waals surface area contributed by atoms with Gasteiger partial charge in [-0.25, -0.2) is 0 Å². The van der Waals surface area contributed by atoms with Crippen molar-refractivity contribution in [1.82, 2.24) is 5.43 Å². The maximum atomic E-state index is 5.60. The van der Waals surface area contributed by atoms with Gasteiger partial charge in [-0.1, -0.05) is 18.2 Å². The lowest BCUT2D eigenvalue weighted by molar-refractivity contribution is 0.228. The lowest BCUT2D eigenvalue weighted by atomic mass is 10.1. The molecule has 0 saturated heterocycles. The van der Waals surface area contributed by atoms with Crippen LogP contribution in [0.25, 0.3) is 0 Å². The van der Waals surface area contributed by atoms with Crippen molar-refractivity contribution in [2.75, 3.05) is 6.54 Å². The van der Waals surface area contributed by atoms with Crippen LogP contribution in [-0.4, -0.2) is 12.6 Å². The summed E-state index contributed by atoms with van der Waals surface area (Å²) in [5, 5.41) is 0. The molecule has 0 radical (unpaired) electrons. The van der Waals surface area contributed by atoms with E-state index in [1.807, 2.05) is 18.2 Å². The van der Waals surface area contributed by atoms with Gasteiger partial charge in [0.2, 0.25) is 0 Å². The minimum atomic E-state index is 0.201. The molecule has 0 aliphatic carbocycles. The number of hydrazine groups is 1. The van der Waals surface area contributed by atoms with E-state index in [4.69, 9.17) is 10.6 Å². The summed E-state index contributed by atoms with van der Waals surface area (Å²) in [7, 11) is 0. The fraction of sp³-hybridized carbons (Fsp3) is 0.333. The predicted molar refractivity (Wildman–Crippen MR) is 46.8 cm³/mol. The summed E-state index contributed by atoms with van der Waals surface area (Å²) >= 11 is 0. The molecule has 64 valence electrons. The third kappa shape index (κ3) is 1.29. The average Bonchev–Trinajstić information content (AvgIpc) is 2.47. The van der Waals surface area contributed by atoms with Gasteiger partial charge in [0.05, 0.1) is 0 Å². The van der Waals surface area contributed by atoms with Gasteiger partial charge in [0, 0.05) is 13.0 Å². The molecular weight excluding hydrogens is 152 g/mol. The van der Waals surface area contributed by atoms with Crippen LogP contribution in [0.15, 0.2) is 24.3 Å². The van der Waals surface area contributed by atoms with Crippen molar-refractivity contribution in [3.8, 4) is 5.75 Å². The average molecular weight is 164 g/mol. The van der Waals surface area contributed by atoms with Gasteiger partial charge in [0.1, 0.15) is 11.9 Å². The first-order valence-electron chi connectivity index (χ1n) is 4.08. The topological polar surface area (TPSA) is 47.3 Å². The Morgan fingerprint density at radius 1 is 1.50 bits per heavy atom. The monoisotopic (exact) mass is 164 g/mol. The predicted octanol–water partition coefficient (Wildman–Crippen LogP) is 0.453. The molecule has 0 spiro atoms. The Kier molecular flexibility index (Phi) is 1.98. The summed E-state index contributed by atoms with van der Waals surface area (Å²) in [6, 6.07) is 8.09. The fourth-order valence-corrected chi connectivity index (χ4v) is 1.50. The molecule has 1 aliphatic rings. The second kappa shape index (κ2) is 3.13. The minimum Gasteiger partial charge on any atom is -0.488 e. The number of nitrogens with two attached hydrogens (primary N) is 1. The molecule has 0 saturated carbocycles. The summed E-state index contributed by atoms with van der Waals surface area (Å²) in [5.74, 6) is 6.21. The number of ether oxygens (including phenoxy) is 1. The van der Waals surface area contributed by atoms with Crippen LogP contribution in [-0.2, 0) is 6.42 Å². The zero-order valence-corrected chi connectivity index (χ0v) is 6.79. The quantitative estimate of drug-likeness (QED) is 0.493. The van der Waals surface area contributed by atoms with Crippen molar-refractivity contribution in [1.29, 1.82) is 0 Å². The summed E-state index contributed by atoms with van der Waals surface area (Å²) < 4.78 is 5.60. The summed E-state index contributed by atoms with van der Waals surface area (Å²) in [5.41, 5.74) is 3.90. The normalized spacial score (nSPS) is 20.2. The second-order valence-electron chi connectivity index (χ2n) is 2.96. The molecule has 1 aliphatic heterocycles. The Hall–Kier alpha value is -1.06. The number of nitrogens with one attached hydrogen (secondary N) is 1. The van der Waals surface area contributed by atoms with Crippen LogP contribution in [0.2, 0.25) is 0 Å². The van der Waals surface area contributed by atoms with Gasteiger partial charge in [-0.3, -0.25) is 11.3 Å². The first-order valence-corrected chi connectivity index (χ1v) is 4.08. The van der Waals surface area contributed by atoms with E-state index in [1.54, 1.807) is 0 Å². The molecule has 1 aromatic carbocycles. The highest BCUT2D eigenvalue weighted by Crippen LogP contribution is 2.27. The molecule has 12 heavy (non-hydrogen) atoms. The summed E-state index contributed by atoms with van der Waals surface area (Å²) in [6.07, 6.45) is 1.16. The standard InChI is InChI=1S/C9H12N2O/c10-11-6-8-5-7-3-1-2-4-9(7)12-8/h1-4,8,11H,5-6,10H2/t8-/m1/s1. The van der Waals surface area contributed by atoms with E-state index in [2.05, 4.69) is 11.5 Å². The number of fused-ring (bicyclic) bond motifs is 1. The van der Waals surface area contributed by atoms with E-state index in [-0.39, 0.29) is 6.10 Å². The van der Waals surface area contributed by atoms with Crippen molar-refractivity contribution in [3.05, 3.63) is 29.8 Å².